The molecule has 2 aromatic carbocycles. The van der Waals surface area contributed by atoms with Gasteiger partial charge in [0.2, 0.25) is 0 Å². The van der Waals surface area contributed by atoms with Gasteiger partial charge in [0.1, 0.15) is 24.0 Å². The molecular weight excluding hydrogens is 330 g/mol. The molecule has 0 amide bonds. The van der Waals surface area contributed by atoms with Crippen molar-refractivity contribution in [2.75, 3.05) is 0 Å². The summed E-state index contributed by atoms with van der Waals surface area (Å²) in [5.41, 5.74) is 0.636. The van der Waals surface area contributed by atoms with Gasteiger partial charge in [-0.25, -0.2) is 8.78 Å². The number of hydrogen-bond donors (Lipinski definition) is 0. The van der Waals surface area contributed by atoms with Gasteiger partial charge in [0.25, 0.3) is 0 Å². The Morgan fingerprint density at radius 3 is 2.60 bits per heavy atom. The van der Waals surface area contributed by atoms with Gasteiger partial charge in [0.15, 0.2) is 5.78 Å². The van der Waals surface area contributed by atoms with E-state index in [0.29, 0.717) is 11.3 Å². The monoisotopic (exact) mass is 340 g/mol. The van der Waals surface area contributed by atoms with E-state index in [1.807, 2.05) is 0 Å². The lowest BCUT2D eigenvalue weighted by Crippen LogP contribution is -2.03. The van der Waals surface area contributed by atoms with Crippen LogP contribution in [0.15, 0.2) is 40.9 Å². The maximum absolute atomic E-state index is 13.5. The molecule has 0 spiro atoms. The average molecular weight is 341 g/mol. The normalized spacial score (nSPS) is 10.4. The summed E-state index contributed by atoms with van der Waals surface area (Å²) in [4.78, 5) is 11.5. The van der Waals surface area contributed by atoms with Gasteiger partial charge in [-0.1, -0.05) is 15.9 Å². The summed E-state index contributed by atoms with van der Waals surface area (Å²) in [5, 5.41) is 0. The zero-order valence-electron chi connectivity index (χ0n) is 10.6. The molecule has 0 heterocycles. The number of ketones is 1. The Hall–Kier alpha value is -1.75. The molecule has 2 nitrogen and oxygen atoms in total. The SMILES string of the molecule is CC(=O)c1ccc(Br)cc1OCc1ccc(F)cc1F. The Balaban J connectivity index is 2.22. The molecule has 0 atom stereocenters. The van der Waals surface area contributed by atoms with Crippen LogP contribution in [0.5, 0.6) is 5.75 Å². The van der Waals surface area contributed by atoms with Crippen LogP contribution < -0.4 is 4.74 Å². The molecule has 2 rings (SSSR count). The second-order valence-electron chi connectivity index (χ2n) is 4.22. The van der Waals surface area contributed by atoms with Crippen molar-refractivity contribution in [3.63, 3.8) is 0 Å². The van der Waals surface area contributed by atoms with E-state index in [4.69, 9.17) is 4.74 Å². The maximum Gasteiger partial charge on any atom is 0.163 e. The fourth-order valence-electron chi connectivity index (χ4n) is 1.70. The Morgan fingerprint density at radius 2 is 1.95 bits per heavy atom. The van der Waals surface area contributed by atoms with Gasteiger partial charge < -0.3 is 4.74 Å². The summed E-state index contributed by atoms with van der Waals surface area (Å²) in [5.74, 6) is -1.11. The molecule has 20 heavy (non-hydrogen) atoms. The first-order valence-electron chi connectivity index (χ1n) is 5.84. The standard InChI is InChI=1S/C15H11BrF2O2/c1-9(19)13-5-3-11(16)6-15(13)20-8-10-2-4-12(17)7-14(10)18/h2-7H,8H2,1H3. The number of carbonyl (C=O) groups is 1. The number of benzene rings is 2. The van der Waals surface area contributed by atoms with Gasteiger partial charge in [-0.3, -0.25) is 4.79 Å². The number of hydrogen-bond acceptors (Lipinski definition) is 2. The van der Waals surface area contributed by atoms with Gasteiger partial charge in [-0.05, 0) is 37.3 Å². The molecule has 0 aliphatic carbocycles. The first-order chi connectivity index (χ1) is 9.47. The molecule has 5 heteroatoms. The second kappa shape index (κ2) is 6.13. The molecule has 0 aromatic heterocycles. The highest BCUT2D eigenvalue weighted by molar-refractivity contribution is 9.10. The third-order valence-corrected chi connectivity index (χ3v) is 3.21. The van der Waals surface area contributed by atoms with Gasteiger partial charge in [-0.15, -0.1) is 0 Å². The van der Waals surface area contributed by atoms with Crippen LogP contribution in [0.3, 0.4) is 0 Å². The van der Waals surface area contributed by atoms with E-state index in [1.54, 1.807) is 18.2 Å². The quantitative estimate of drug-likeness (QED) is 0.765. The topological polar surface area (TPSA) is 26.3 Å². The van der Waals surface area contributed by atoms with Crippen LogP contribution in [0, 0.1) is 11.6 Å². The molecule has 0 bridgehead atoms. The fraction of sp³-hybridized carbons (Fsp3) is 0.133. The number of Topliss-reactive ketones (excluding diaryl/α,β-unsaturated/α-hetero) is 1. The van der Waals surface area contributed by atoms with Gasteiger partial charge in [0.05, 0.1) is 5.56 Å². The zero-order chi connectivity index (χ0) is 14.7. The van der Waals surface area contributed by atoms with Crippen LogP contribution in [0.25, 0.3) is 0 Å². The highest BCUT2D eigenvalue weighted by atomic mass is 79.9. The van der Waals surface area contributed by atoms with Crippen molar-refractivity contribution in [1.29, 1.82) is 0 Å². The summed E-state index contributed by atoms with van der Waals surface area (Å²) >= 11 is 3.28. The maximum atomic E-state index is 13.5. The largest absolute Gasteiger partial charge is 0.488 e. The Morgan fingerprint density at radius 1 is 1.20 bits per heavy atom. The van der Waals surface area contributed by atoms with E-state index in [2.05, 4.69) is 15.9 Å². The number of rotatable bonds is 4. The van der Waals surface area contributed by atoms with Crippen molar-refractivity contribution < 1.29 is 18.3 Å². The van der Waals surface area contributed by atoms with Crippen LogP contribution in [0.1, 0.15) is 22.8 Å². The van der Waals surface area contributed by atoms with Crippen molar-refractivity contribution in [1.82, 2.24) is 0 Å². The van der Waals surface area contributed by atoms with Crippen LogP contribution in [0.2, 0.25) is 0 Å². The lowest BCUT2D eigenvalue weighted by atomic mass is 10.1. The predicted molar refractivity (Wildman–Crippen MR) is 74.8 cm³/mol. The lowest BCUT2D eigenvalue weighted by Gasteiger charge is -2.11. The number of ether oxygens (including phenoxy) is 1. The molecule has 2 aromatic rings. The van der Waals surface area contributed by atoms with E-state index in [1.165, 1.54) is 13.0 Å². The fourth-order valence-corrected chi connectivity index (χ4v) is 2.04. The van der Waals surface area contributed by atoms with E-state index in [0.717, 1.165) is 16.6 Å². The van der Waals surface area contributed by atoms with Crippen molar-refractivity contribution in [3.8, 4) is 5.75 Å². The van der Waals surface area contributed by atoms with E-state index in [-0.39, 0.29) is 18.0 Å². The van der Waals surface area contributed by atoms with E-state index in [9.17, 15) is 13.6 Å². The minimum absolute atomic E-state index is 0.0805. The molecule has 0 aliphatic heterocycles. The van der Waals surface area contributed by atoms with Gasteiger partial charge >= 0.3 is 0 Å². The van der Waals surface area contributed by atoms with Crippen molar-refractivity contribution in [2.24, 2.45) is 0 Å². The van der Waals surface area contributed by atoms with E-state index < -0.39 is 11.6 Å². The van der Waals surface area contributed by atoms with Gasteiger partial charge in [0, 0.05) is 16.1 Å². The first kappa shape index (κ1) is 14.7. The molecule has 0 fully saturated rings. The summed E-state index contributed by atoms with van der Waals surface area (Å²) in [6.45, 7) is 1.34. The summed E-state index contributed by atoms with van der Waals surface area (Å²) in [7, 11) is 0. The first-order valence-corrected chi connectivity index (χ1v) is 6.64. The Kier molecular flexibility index (Phi) is 4.49. The molecule has 0 radical (unpaired) electrons. The second-order valence-corrected chi connectivity index (χ2v) is 5.14. The Bertz CT molecular complexity index is 656. The Labute approximate surface area is 123 Å². The number of halogens is 3. The third-order valence-electron chi connectivity index (χ3n) is 2.72. The summed E-state index contributed by atoms with van der Waals surface area (Å²) in [6.07, 6.45) is 0. The highest BCUT2D eigenvalue weighted by Gasteiger charge is 2.11. The molecule has 0 unspecified atom stereocenters. The molecule has 0 saturated carbocycles. The van der Waals surface area contributed by atoms with Crippen molar-refractivity contribution >= 4 is 21.7 Å². The molecular formula is C15H11BrF2O2. The smallest absolute Gasteiger partial charge is 0.163 e. The number of carbonyl (C=O) groups excluding carboxylic acids is 1. The van der Waals surface area contributed by atoms with Crippen molar-refractivity contribution in [2.45, 2.75) is 13.5 Å². The zero-order valence-corrected chi connectivity index (χ0v) is 12.2. The van der Waals surface area contributed by atoms with E-state index >= 15 is 0 Å². The van der Waals surface area contributed by atoms with Crippen LogP contribution in [-0.4, -0.2) is 5.78 Å². The third kappa shape index (κ3) is 3.42. The van der Waals surface area contributed by atoms with Crippen LogP contribution in [-0.2, 0) is 6.61 Å². The van der Waals surface area contributed by atoms with Crippen molar-refractivity contribution in [3.05, 3.63) is 63.6 Å². The molecule has 104 valence electrons. The molecule has 0 saturated heterocycles. The molecule has 0 aliphatic rings. The highest BCUT2D eigenvalue weighted by Crippen LogP contribution is 2.25. The lowest BCUT2D eigenvalue weighted by molar-refractivity contribution is 0.101. The van der Waals surface area contributed by atoms with Crippen LogP contribution >= 0.6 is 15.9 Å². The average Bonchev–Trinajstić information content (AvgIpc) is 2.37. The molecule has 0 N–H and O–H groups in total. The predicted octanol–water partition coefficient (Wildman–Crippen LogP) is 4.51. The van der Waals surface area contributed by atoms with Gasteiger partial charge in [-0.2, -0.15) is 0 Å². The summed E-state index contributed by atoms with van der Waals surface area (Å²) in [6, 6.07) is 8.26. The van der Waals surface area contributed by atoms with Crippen LogP contribution in [0.4, 0.5) is 8.78 Å². The minimum atomic E-state index is -0.677. The minimum Gasteiger partial charge on any atom is -0.488 e. The summed E-state index contributed by atoms with van der Waals surface area (Å²) < 4.78 is 32.5.